The summed E-state index contributed by atoms with van der Waals surface area (Å²) in [6.07, 6.45) is 11.2. The van der Waals surface area contributed by atoms with Crippen molar-refractivity contribution in [3.63, 3.8) is 0 Å². The molecule has 0 unspecified atom stereocenters. The Morgan fingerprint density at radius 3 is 2.30 bits per heavy atom. The molecule has 0 amide bonds. The summed E-state index contributed by atoms with van der Waals surface area (Å²) in [6, 6.07) is 20.7. The van der Waals surface area contributed by atoms with Crippen LogP contribution in [-0.2, 0) is 0 Å². The molecular weight excluding hydrogens is 542 g/mol. The number of thiol groups is 1. The van der Waals surface area contributed by atoms with Gasteiger partial charge in [0, 0.05) is 21.3 Å². The lowest BCUT2D eigenvalue weighted by Crippen LogP contribution is -2.73. The second-order valence-corrected chi connectivity index (χ2v) is 13.3. The first-order valence-corrected chi connectivity index (χ1v) is 14.6. The van der Waals surface area contributed by atoms with Crippen LogP contribution in [0.15, 0.2) is 82.1 Å². The standard InChI is InChI=1S/C31H30BrN3OS/c32-25-7-3-6-23(13-25)27-26(17-33)29(37)34-31(36,30-14-19-10-20(15-30)12-21(11-19)16-30)28(27)35-9-8-22-4-1-2-5-24(22)18-35/h1-9,13,18-21,27-28,34,36H,10-12,14-16H2/p+1/t19?,20?,21?,27-,28+,30?,31+/m0/s1. The van der Waals surface area contributed by atoms with E-state index in [9.17, 15) is 10.4 Å². The third kappa shape index (κ3) is 3.61. The monoisotopic (exact) mass is 572 g/mol. The van der Waals surface area contributed by atoms with Crippen molar-refractivity contribution in [2.45, 2.75) is 56.2 Å². The number of nitrogens with zero attached hydrogens (tertiary/aromatic N) is 2. The van der Waals surface area contributed by atoms with E-state index >= 15 is 0 Å². The second kappa shape index (κ2) is 8.59. The number of aromatic nitrogens is 1. The van der Waals surface area contributed by atoms with Crippen molar-refractivity contribution in [2.24, 2.45) is 23.2 Å². The van der Waals surface area contributed by atoms with Gasteiger partial charge >= 0.3 is 0 Å². The van der Waals surface area contributed by atoms with Gasteiger partial charge in [-0.15, -0.1) is 12.6 Å². The molecule has 3 aromatic rings. The molecule has 188 valence electrons. The van der Waals surface area contributed by atoms with Gasteiger partial charge in [-0.05, 0) is 85.4 Å². The van der Waals surface area contributed by atoms with Crippen LogP contribution in [0.1, 0.15) is 56.0 Å². The van der Waals surface area contributed by atoms with Crippen LogP contribution < -0.4 is 9.88 Å². The number of rotatable bonds is 3. The lowest BCUT2D eigenvalue weighted by Gasteiger charge is -2.63. The van der Waals surface area contributed by atoms with Gasteiger partial charge in [-0.1, -0.05) is 46.3 Å². The van der Waals surface area contributed by atoms with Crippen LogP contribution in [0.5, 0.6) is 0 Å². The first-order chi connectivity index (χ1) is 17.9. The summed E-state index contributed by atoms with van der Waals surface area (Å²) in [5.41, 5.74) is 0.0690. The van der Waals surface area contributed by atoms with Crippen LogP contribution in [0.2, 0.25) is 0 Å². The minimum absolute atomic E-state index is 0.260. The van der Waals surface area contributed by atoms with Gasteiger partial charge in [0.15, 0.2) is 12.4 Å². The zero-order valence-electron chi connectivity index (χ0n) is 20.6. The predicted octanol–water partition coefficient (Wildman–Crippen LogP) is 6.39. The van der Waals surface area contributed by atoms with Crippen LogP contribution in [-0.4, -0.2) is 10.8 Å². The molecule has 0 spiro atoms. The van der Waals surface area contributed by atoms with E-state index in [1.54, 1.807) is 0 Å². The molecule has 37 heavy (non-hydrogen) atoms. The molecule has 0 radical (unpaired) electrons. The minimum Gasteiger partial charge on any atom is -0.365 e. The van der Waals surface area contributed by atoms with E-state index in [0.717, 1.165) is 40.1 Å². The lowest BCUT2D eigenvalue weighted by atomic mass is 9.45. The summed E-state index contributed by atoms with van der Waals surface area (Å²) < 4.78 is 3.14. The van der Waals surface area contributed by atoms with Crippen molar-refractivity contribution in [3.8, 4) is 6.07 Å². The van der Waals surface area contributed by atoms with Crippen molar-refractivity contribution in [3.05, 3.63) is 87.6 Å². The van der Waals surface area contributed by atoms with Gasteiger partial charge in [-0.3, -0.25) is 0 Å². The molecule has 1 aliphatic heterocycles. The van der Waals surface area contributed by atoms with Crippen LogP contribution in [0.3, 0.4) is 0 Å². The Morgan fingerprint density at radius 2 is 1.65 bits per heavy atom. The number of aliphatic hydroxyl groups is 1. The van der Waals surface area contributed by atoms with Crippen molar-refractivity contribution in [2.75, 3.05) is 0 Å². The molecule has 2 aromatic carbocycles. The SMILES string of the molecule is N#CC1=C(S)N[C@](O)(C23CC4CC(CC(C4)C2)C3)[C@H]([n+]2ccc3ccccc3c2)[C@H]1c1cccc(Br)c1. The summed E-state index contributed by atoms with van der Waals surface area (Å²) in [6.45, 7) is 0. The van der Waals surface area contributed by atoms with Gasteiger partial charge in [0.05, 0.1) is 22.6 Å². The molecule has 4 saturated carbocycles. The highest BCUT2D eigenvalue weighted by Gasteiger charge is 2.68. The third-order valence-electron chi connectivity index (χ3n) is 9.83. The summed E-state index contributed by atoms with van der Waals surface area (Å²) >= 11 is 8.48. The zero-order valence-corrected chi connectivity index (χ0v) is 23.1. The number of hydrogen-bond acceptors (Lipinski definition) is 4. The fourth-order valence-corrected chi connectivity index (χ4v) is 9.55. The van der Waals surface area contributed by atoms with Crippen molar-refractivity contribution >= 4 is 39.3 Å². The normalized spacial score (nSPS) is 36.4. The lowest BCUT2D eigenvalue weighted by molar-refractivity contribution is -0.744. The molecular formula is C31H31BrN3OS+. The van der Waals surface area contributed by atoms with E-state index in [1.807, 2.05) is 12.1 Å². The number of hydrogen-bond donors (Lipinski definition) is 3. The smallest absolute Gasteiger partial charge is 0.217 e. The largest absolute Gasteiger partial charge is 0.365 e. The Kier molecular flexibility index (Phi) is 5.52. The number of halogens is 1. The Bertz CT molecular complexity index is 1440. The number of allylic oxidation sites excluding steroid dienone is 1. The Morgan fingerprint density at radius 1 is 0.973 bits per heavy atom. The van der Waals surface area contributed by atoms with E-state index in [4.69, 9.17) is 12.6 Å². The average molecular weight is 574 g/mol. The average Bonchev–Trinajstić information content (AvgIpc) is 2.87. The molecule has 4 nitrogen and oxygen atoms in total. The Hall–Kier alpha value is -2.33. The van der Waals surface area contributed by atoms with Crippen molar-refractivity contribution in [1.29, 1.82) is 5.26 Å². The van der Waals surface area contributed by atoms with Gasteiger partial charge in [0.2, 0.25) is 11.8 Å². The maximum absolute atomic E-state index is 13.2. The van der Waals surface area contributed by atoms with Crippen LogP contribution in [0.4, 0.5) is 0 Å². The van der Waals surface area contributed by atoms with Gasteiger partial charge in [-0.2, -0.15) is 9.83 Å². The third-order valence-corrected chi connectivity index (χ3v) is 10.7. The molecule has 3 atom stereocenters. The first kappa shape index (κ1) is 23.8. The molecule has 2 N–H and O–H groups in total. The molecule has 4 aliphatic carbocycles. The zero-order chi connectivity index (χ0) is 25.4. The van der Waals surface area contributed by atoms with E-state index in [0.29, 0.717) is 28.4 Å². The van der Waals surface area contributed by atoms with Gasteiger partial charge in [-0.25, -0.2) is 0 Å². The highest BCUT2D eigenvalue weighted by Crippen LogP contribution is 2.66. The Balaban J connectivity index is 1.48. The van der Waals surface area contributed by atoms with E-state index in [-0.39, 0.29) is 11.3 Å². The predicted molar refractivity (Wildman–Crippen MR) is 150 cm³/mol. The molecule has 4 fully saturated rings. The summed E-state index contributed by atoms with van der Waals surface area (Å²) in [7, 11) is 0. The number of pyridine rings is 1. The van der Waals surface area contributed by atoms with E-state index in [2.05, 4.69) is 86.7 Å². The van der Waals surface area contributed by atoms with Crippen molar-refractivity contribution in [1.82, 2.24) is 5.32 Å². The van der Waals surface area contributed by atoms with Crippen molar-refractivity contribution < 1.29 is 9.67 Å². The number of nitrogens with one attached hydrogen (secondary N) is 1. The van der Waals surface area contributed by atoms with E-state index in [1.165, 1.54) is 19.3 Å². The summed E-state index contributed by atoms with van der Waals surface area (Å²) in [5.74, 6) is 1.68. The summed E-state index contributed by atoms with van der Waals surface area (Å²) in [4.78, 5) is 0. The van der Waals surface area contributed by atoms with Crippen LogP contribution >= 0.6 is 28.6 Å². The highest BCUT2D eigenvalue weighted by molar-refractivity contribution is 9.10. The van der Waals surface area contributed by atoms with Gasteiger partial charge < -0.3 is 10.4 Å². The number of fused-ring (bicyclic) bond motifs is 1. The maximum atomic E-state index is 13.2. The minimum atomic E-state index is -1.25. The Labute approximate surface area is 231 Å². The topological polar surface area (TPSA) is 59.9 Å². The quantitative estimate of drug-likeness (QED) is 0.252. The van der Waals surface area contributed by atoms with Gasteiger partial charge in [0.25, 0.3) is 0 Å². The molecule has 4 bridgehead atoms. The maximum Gasteiger partial charge on any atom is 0.217 e. The molecule has 6 heteroatoms. The molecule has 2 heterocycles. The molecule has 8 rings (SSSR count). The fraction of sp³-hybridized carbons (Fsp3) is 0.419. The van der Waals surface area contributed by atoms with Crippen LogP contribution in [0, 0.1) is 34.5 Å². The molecule has 1 aromatic heterocycles. The van der Waals surface area contributed by atoms with Crippen LogP contribution in [0.25, 0.3) is 10.8 Å². The number of nitriles is 1. The number of benzene rings is 2. The van der Waals surface area contributed by atoms with Gasteiger partial charge in [0.1, 0.15) is 0 Å². The second-order valence-electron chi connectivity index (χ2n) is 12.0. The molecule has 5 aliphatic rings. The highest BCUT2D eigenvalue weighted by atomic mass is 79.9. The van der Waals surface area contributed by atoms with E-state index < -0.39 is 11.8 Å². The fourth-order valence-electron chi connectivity index (χ4n) is 8.77. The first-order valence-electron chi connectivity index (χ1n) is 13.4. The summed E-state index contributed by atoms with van der Waals surface area (Å²) in [5, 5.41) is 29.9. The molecule has 0 saturated heterocycles.